The van der Waals surface area contributed by atoms with Gasteiger partial charge < -0.3 is 5.73 Å². The summed E-state index contributed by atoms with van der Waals surface area (Å²) in [4.78, 5) is 10.5. The minimum absolute atomic E-state index is 0.0000915. The van der Waals surface area contributed by atoms with E-state index in [0.717, 1.165) is 6.07 Å². The molecule has 1 aromatic heterocycles. The van der Waals surface area contributed by atoms with Crippen molar-refractivity contribution in [3.8, 4) is 5.69 Å². The lowest BCUT2D eigenvalue weighted by Gasteiger charge is -2.15. The van der Waals surface area contributed by atoms with E-state index in [1.807, 2.05) is 0 Å². The molecule has 12 heteroatoms. The van der Waals surface area contributed by atoms with Crippen molar-refractivity contribution < 1.29 is 26.4 Å². The SMILES string of the molecule is NC(=O)c1ccn(-c2ccccc2NS(=O)(=O)c2cc(C(F)(F)F)ccc2Cl)n1. The number of alkyl halides is 3. The third-order valence-corrected chi connectivity index (χ3v) is 5.63. The Morgan fingerprint density at radius 1 is 1.14 bits per heavy atom. The molecule has 0 aliphatic heterocycles. The summed E-state index contributed by atoms with van der Waals surface area (Å²) in [5, 5.41) is 3.56. The topological polar surface area (TPSA) is 107 Å². The summed E-state index contributed by atoms with van der Waals surface area (Å²) >= 11 is 5.84. The molecule has 3 rings (SSSR count). The van der Waals surface area contributed by atoms with Gasteiger partial charge in [-0.15, -0.1) is 0 Å². The summed E-state index contributed by atoms with van der Waals surface area (Å²) in [5.74, 6) is -0.780. The van der Waals surface area contributed by atoms with Crippen LogP contribution in [0.4, 0.5) is 18.9 Å². The normalized spacial score (nSPS) is 12.0. The summed E-state index contributed by atoms with van der Waals surface area (Å²) in [6.45, 7) is 0. The van der Waals surface area contributed by atoms with Crippen LogP contribution in [0.1, 0.15) is 16.1 Å². The Morgan fingerprint density at radius 3 is 2.45 bits per heavy atom. The van der Waals surface area contributed by atoms with Gasteiger partial charge in [0.1, 0.15) is 10.6 Å². The van der Waals surface area contributed by atoms with Crippen LogP contribution >= 0.6 is 11.6 Å². The number of nitrogens with zero attached hydrogens (tertiary/aromatic N) is 2. The lowest BCUT2D eigenvalue weighted by atomic mass is 10.2. The average Bonchev–Trinajstić information content (AvgIpc) is 3.11. The molecule has 0 saturated carbocycles. The van der Waals surface area contributed by atoms with Crippen molar-refractivity contribution in [3.63, 3.8) is 0 Å². The second-order valence-electron chi connectivity index (χ2n) is 5.78. The van der Waals surface area contributed by atoms with E-state index in [-0.39, 0.29) is 22.1 Å². The Hall–Kier alpha value is -3.05. The van der Waals surface area contributed by atoms with Gasteiger partial charge in [-0.2, -0.15) is 18.3 Å². The number of amides is 1. The molecular formula is C17H12ClF3N4O3S. The van der Waals surface area contributed by atoms with Gasteiger partial charge in [-0.25, -0.2) is 13.1 Å². The molecule has 7 nitrogen and oxygen atoms in total. The second kappa shape index (κ2) is 7.41. The Morgan fingerprint density at radius 2 is 1.83 bits per heavy atom. The zero-order chi connectivity index (χ0) is 21.4. The van der Waals surface area contributed by atoms with Crippen molar-refractivity contribution in [3.05, 3.63) is 71.0 Å². The maximum atomic E-state index is 13.0. The van der Waals surface area contributed by atoms with Crippen molar-refractivity contribution in [2.24, 2.45) is 5.73 Å². The smallest absolute Gasteiger partial charge is 0.364 e. The molecule has 0 atom stereocenters. The molecule has 0 spiro atoms. The molecule has 3 N–H and O–H groups in total. The fourth-order valence-electron chi connectivity index (χ4n) is 2.43. The Kier molecular flexibility index (Phi) is 5.28. The summed E-state index contributed by atoms with van der Waals surface area (Å²) < 4.78 is 67.7. The second-order valence-corrected chi connectivity index (χ2v) is 7.83. The highest BCUT2D eigenvalue weighted by Gasteiger charge is 2.33. The first-order valence-corrected chi connectivity index (χ1v) is 9.69. The lowest BCUT2D eigenvalue weighted by molar-refractivity contribution is -0.137. The van der Waals surface area contributed by atoms with Crippen LogP contribution in [0.3, 0.4) is 0 Å². The molecule has 29 heavy (non-hydrogen) atoms. The van der Waals surface area contributed by atoms with Gasteiger partial charge in [-0.05, 0) is 36.4 Å². The number of hydrogen-bond donors (Lipinski definition) is 2. The number of nitrogens with one attached hydrogen (secondary N) is 1. The van der Waals surface area contributed by atoms with Gasteiger partial charge in [0.2, 0.25) is 0 Å². The standard InChI is InChI=1S/C17H12ClF3N4O3S/c18-11-6-5-10(17(19,20)21)9-15(11)29(27,28)24-12-3-1-2-4-14(12)25-8-7-13(23-25)16(22)26/h1-9,24H,(H2,22,26). The van der Waals surface area contributed by atoms with E-state index in [9.17, 15) is 26.4 Å². The van der Waals surface area contributed by atoms with Crippen molar-refractivity contribution >= 4 is 33.2 Å². The van der Waals surface area contributed by atoms with E-state index >= 15 is 0 Å². The Balaban J connectivity index is 2.03. The fraction of sp³-hybridized carbons (Fsp3) is 0.0588. The van der Waals surface area contributed by atoms with Gasteiger partial charge in [0.25, 0.3) is 15.9 Å². The number of para-hydroxylation sites is 2. The van der Waals surface area contributed by atoms with Crippen LogP contribution in [-0.2, 0) is 16.2 Å². The number of halogens is 4. The molecule has 0 unspecified atom stereocenters. The van der Waals surface area contributed by atoms with Gasteiger partial charge in [0.05, 0.1) is 22.0 Å². The monoisotopic (exact) mass is 444 g/mol. The predicted molar refractivity (Wildman–Crippen MR) is 99.3 cm³/mol. The quantitative estimate of drug-likeness (QED) is 0.628. The molecule has 0 bridgehead atoms. The third kappa shape index (κ3) is 4.35. The summed E-state index contributed by atoms with van der Waals surface area (Å²) in [7, 11) is -4.48. The number of anilines is 1. The third-order valence-electron chi connectivity index (χ3n) is 3.78. The van der Waals surface area contributed by atoms with Gasteiger partial charge in [-0.1, -0.05) is 23.7 Å². The van der Waals surface area contributed by atoms with Gasteiger partial charge in [0, 0.05) is 6.20 Å². The molecule has 152 valence electrons. The van der Waals surface area contributed by atoms with Crippen LogP contribution in [0.5, 0.6) is 0 Å². The molecule has 0 fully saturated rings. The van der Waals surface area contributed by atoms with E-state index in [1.165, 1.54) is 35.1 Å². The first-order valence-electron chi connectivity index (χ1n) is 7.83. The first kappa shape index (κ1) is 20.7. The highest BCUT2D eigenvalue weighted by molar-refractivity contribution is 7.92. The average molecular weight is 445 g/mol. The lowest BCUT2D eigenvalue weighted by Crippen LogP contribution is -2.17. The zero-order valence-electron chi connectivity index (χ0n) is 14.3. The van der Waals surface area contributed by atoms with Crippen molar-refractivity contribution in [1.82, 2.24) is 9.78 Å². The number of carbonyl (C=O) groups is 1. The molecule has 2 aromatic carbocycles. The van der Waals surface area contributed by atoms with Crippen LogP contribution in [-0.4, -0.2) is 24.1 Å². The van der Waals surface area contributed by atoms with Crippen molar-refractivity contribution in [2.75, 3.05) is 4.72 Å². The summed E-state index contributed by atoms with van der Waals surface area (Å²) in [5.41, 5.74) is 4.16. The van der Waals surface area contributed by atoms with Crippen LogP contribution in [0.25, 0.3) is 5.69 Å². The Labute approximate surface area is 167 Å². The van der Waals surface area contributed by atoms with Crippen molar-refractivity contribution in [2.45, 2.75) is 11.1 Å². The molecule has 0 aliphatic rings. The maximum Gasteiger partial charge on any atom is 0.416 e. The van der Waals surface area contributed by atoms with E-state index in [2.05, 4.69) is 9.82 Å². The Bertz CT molecular complexity index is 1190. The molecule has 3 aromatic rings. The van der Waals surface area contributed by atoms with E-state index < -0.39 is 32.6 Å². The minimum atomic E-state index is -4.74. The molecule has 0 radical (unpaired) electrons. The number of carbonyl (C=O) groups excluding carboxylic acids is 1. The van der Waals surface area contributed by atoms with Gasteiger partial charge >= 0.3 is 6.18 Å². The largest absolute Gasteiger partial charge is 0.416 e. The van der Waals surface area contributed by atoms with Gasteiger partial charge in [-0.3, -0.25) is 9.52 Å². The highest BCUT2D eigenvalue weighted by atomic mass is 35.5. The number of benzene rings is 2. The number of hydrogen-bond acceptors (Lipinski definition) is 4. The summed E-state index contributed by atoms with van der Waals surface area (Å²) in [6.07, 6.45) is -3.36. The number of rotatable bonds is 5. The van der Waals surface area contributed by atoms with Crippen LogP contribution in [0.2, 0.25) is 5.02 Å². The molecular weight excluding hydrogens is 433 g/mol. The minimum Gasteiger partial charge on any atom is -0.364 e. The number of aromatic nitrogens is 2. The molecule has 1 amide bonds. The van der Waals surface area contributed by atoms with E-state index in [0.29, 0.717) is 12.1 Å². The van der Waals surface area contributed by atoms with E-state index in [1.54, 1.807) is 6.07 Å². The van der Waals surface area contributed by atoms with Crippen LogP contribution in [0.15, 0.2) is 59.6 Å². The zero-order valence-corrected chi connectivity index (χ0v) is 15.9. The maximum absolute atomic E-state index is 13.0. The molecule has 1 heterocycles. The van der Waals surface area contributed by atoms with Crippen molar-refractivity contribution in [1.29, 1.82) is 0 Å². The predicted octanol–water partition coefficient (Wildman–Crippen LogP) is 3.44. The van der Waals surface area contributed by atoms with Crippen LogP contribution < -0.4 is 10.5 Å². The number of sulfonamides is 1. The highest BCUT2D eigenvalue weighted by Crippen LogP contribution is 2.34. The fourth-order valence-corrected chi connectivity index (χ4v) is 4.04. The summed E-state index contributed by atoms with van der Waals surface area (Å²) in [6, 6.07) is 9.28. The first-order chi connectivity index (χ1) is 13.5. The van der Waals surface area contributed by atoms with Crippen LogP contribution in [0, 0.1) is 0 Å². The molecule has 0 aliphatic carbocycles. The number of nitrogens with two attached hydrogens (primary N) is 1. The van der Waals surface area contributed by atoms with E-state index in [4.69, 9.17) is 17.3 Å². The molecule has 0 saturated heterocycles. The number of primary amides is 1. The van der Waals surface area contributed by atoms with Gasteiger partial charge in [0.15, 0.2) is 0 Å².